The number of esters is 1. The van der Waals surface area contributed by atoms with Gasteiger partial charge in [0.25, 0.3) is 10.1 Å². The van der Waals surface area contributed by atoms with Crippen LogP contribution in [0.1, 0.15) is 94.1 Å². The lowest BCUT2D eigenvalue weighted by molar-refractivity contribution is -0.131. The van der Waals surface area contributed by atoms with Crippen LogP contribution in [0.2, 0.25) is 0 Å². The highest BCUT2D eigenvalue weighted by molar-refractivity contribution is 7.86. The monoisotopic (exact) mass is 380 g/mol. The Morgan fingerprint density at radius 3 is 1.69 bits per heavy atom. The lowest BCUT2D eigenvalue weighted by Crippen LogP contribution is -2.17. The van der Waals surface area contributed by atoms with Gasteiger partial charge in [0.2, 0.25) is 0 Å². The zero-order valence-corrected chi connectivity index (χ0v) is 16.2. The van der Waals surface area contributed by atoms with Crippen LogP contribution in [0.25, 0.3) is 0 Å². The minimum absolute atomic E-state index is 0.0761. The molecule has 0 saturated heterocycles. The van der Waals surface area contributed by atoms with E-state index >= 15 is 0 Å². The fourth-order valence-corrected chi connectivity index (χ4v) is 5.65. The highest BCUT2D eigenvalue weighted by atomic mass is 32.2. The standard InChI is InChI=1S/C20H28O5S/c1-14(21)25-17-12-18(15-8-4-2-5-9-15)20(26(22,23)24)19(13-17)16-10-6-3-7-11-16/h12-13,15-16H,2-11H2,1H3,(H,22,23,24). The van der Waals surface area contributed by atoms with Gasteiger partial charge in [-0.2, -0.15) is 8.42 Å². The molecule has 1 N–H and O–H groups in total. The summed E-state index contributed by atoms with van der Waals surface area (Å²) < 4.78 is 40.1. The van der Waals surface area contributed by atoms with E-state index < -0.39 is 16.1 Å². The average Bonchev–Trinajstić information content (AvgIpc) is 2.61. The lowest BCUT2D eigenvalue weighted by Gasteiger charge is -2.29. The molecule has 0 aliphatic heterocycles. The van der Waals surface area contributed by atoms with Crippen molar-refractivity contribution in [2.24, 2.45) is 0 Å². The molecule has 1 aromatic carbocycles. The van der Waals surface area contributed by atoms with E-state index in [-0.39, 0.29) is 16.7 Å². The second-order valence-corrected chi connectivity index (χ2v) is 9.03. The Balaban J connectivity index is 2.16. The first-order valence-electron chi connectivity index (χ1n) is 9.70. The summed E-state index contributed by atoms with van der Waals surface area (Å²) in [5.74, 6) is 0.136. The molecule has 0 aromatic heterocycles. The van der Waals surface area contributed by atoms with E-state index in [4.69, 9.17) is 4.74 Å². The van der Waals surface area contributed by atoms with Crippen molar-refractivity contribution in [1.82, 2.24) is 0 Å². The molecule has 2 aliphatic rings. The predicted molar refractivity (Wildman–Crippen MR) is 99.2 cm³/mol. The van der Waals surface area contributed by atoms with Gasteiger partial charge in [-0.3, -0.25) is 9.35 Å². The molecule has 1 aromatic rings. The maximum atomic E-state index is 12.3. The molecule has 0 spiro atoms. The molecule has 0 amide bonds. The van der Waals surface area contributed by atoms with Crippen LogP contribution in [0.3, 0.4) is 0 Å². The number of benzene rings is 1. The van der Waals surface area contributed by atoms with Crippen molar-refractivity contribution in [2.45, 2.75) is 87.9 Å². The summed E-state index contributed by atoms with van der Waals surface area (Å²) in [5.41, 5.74) is 1.26. The summed E-state index contributed by atoms with van der Waals surface area (Å²) in [6.07, 6.45) is 10.1. The first kappa shape index (κ1) is 19.4. The third-order valence-corrected chi connectivity index (χ3v) is 6.72. The van der Waals surface area contributed by atoms with E-state index in [1.807, 2.05) is 0 Å². The summed E-state index contributed by atoms with van der Waals surface area (Å²) in [6.45, 7) is 1.34. The van der Waals surface area contributed by atoms with Crippen LogP contribution in [0.15, 0.2) is 17.0 Å². The average molecular weight is 381 g/mol. The van der Waals surface area contributed by atoms with Crippen molar-refractivity contribution in [2.75, 3.05) is 0 Å². The smallest absolute Gasteiger partial charge is 0.308 e. The zero-order valence-electron chi connectivity index (χ0n) is 15.4. The molecule has 26 heavy (non-hydrogen) atoms. The topological polar surface area (TPSA) is 80.7 Å². The van der Waals surface area contributed by atoms with E-state index in [2.05, 4.69) is 0 Å². The minimum Gasteiger partial charge on any atom is -0.427 e. The van der Waals surface area contributed by atoms with E-state index in [1.54, 1.807) is 12.1 Å². The van der Waals surface area contributed by atoms with Crippen LogP contribution >= 0.6 is 0 Å². The Kier molecular flexibility index (Phi) is 6.03. The minimum atomic E-state index is -4.35. The molecular formula is C20H28O5S. The van der Waals surface area contributed by atoms with Crippen molar-refractivity contribution in [3.63, 3.8) is 0 Å². The quantitative estimate of drug-likeness (QED) is 0.454. The van der Waals surface area contributed by atoms with Gasteiger partial charge in [0.15, 0.2) is 0 Å². The normalized spacial score (nSPS) is 20.1. The van der Waals surface area contributed by atoms with Gasteiger partial charge in [0.05, 0.1) is 0 Å². The first-order valence-corrected chi connectivity index (χ1v) is 11.1. The van der Waals surface area contributed by atoms with Crippen molar-refractivity contribution < 1.29 is 22.5 Å². The summed E-state index contributed by atoms with van der Waals surface area (Å²) in [6, 6.07) is 3.32. The van der Waals surface area contributed by atoms with Crippen molar-refractivity contribution in [3.8, 4) is 5.75 Å². The Morgan fingerprint density at radius 1 is 0.923 bits per heavy atom. The third-order valence-electron chi connectivity index (χ3n) is 5.73. The van der Waals surface area contributed by atoms with Gasteiger partial charge in [0, 0.05) is 6.92 Å². The number of hydrogen-bond donors (Lipinski definition) is 1. The fraction of sp³-hybridized carbons (Fsp3) is 0.650. The molecule has 2 aliphatic carbocycles. The Labute approximate surface area is 155 Å². The number of ether oxygens (including phenoxy) is 1. The summed E-state index contributed by atoms with van der Waals surface area (Å²) in [4.78, 5) is 11.6. The van der Waals surface area contributed by atoms with Gasteiger partial charge in [0.1, 0.15) is 10.6 Å². The summed E-state index contributed by atoms with van der Waals surface area (Å²) in [7, 11) is -4.35. The lowest BCUT2D eigenvalue weighted by atomic mass is 9.79. The molecule has 3 rings (SSSR count). The SMILES string of the molecule is CC(=O)Oc1cc(C2CCCCC2)c(S(=O)(=O)O)c(C2CCCCC2)c1. The number of carbonyl (C=O) groups excluding carboxylic acids is 1. The molecule has 0 heterocycles. The second kappa shape index (κ2) is 8.09. The van der Waals surface area contributed by atoms with Crippen LogP contribution in [0.4, 0.5) is 0 Å². The first-order chi connectivity index (χ1) is 12.4. The molecular weight excluding hydrogens is 352 g/mol. The highest BCUT2D eigenvalue weighted by Gasteiger charge is 2.31. The Hall–Kier alpha value is -1.40. The van der Waals surface area contributed by atoms with Crippen LogP contribution in [0.5, 0.6) is 5.75 Å². The third kappa shape index (κ3) is 4.46. The van der Waals surface area contributed by atoms with Gasteiger partial charge in [-0.15, -0.1) is 0 Å². The molecule has 0 unspecified atom stereocenters. The van der Waals surface area contributed by atoms with Crippen molar-refractivity contribution in [1.29, 1.82) is 0 Å². The molecule has 0 atom stereocenters. The van der Waals surface area contributed by atoms with Gasteiger partial charge >= 0.3 is 5.97 Å². The highest BCUT2D eigenvalue weighted by Crippen LogP contribution is 2.44. The van der Waals surface area contributed by atoms with Gasteiger partial charge in [-0.05, 0) is 60.8 Å². The maximum Gasteiger partial charge on any atom is 0.308 e. The van der Waals surface area contributed by atoms with Crippen LogP contribution in [-0.2, 0) is 14.9 Å². The molecule has 6 heteroatoms. The van der Waals surface area contributed by atoms with Gasteiger partial charge < -0.3 is 4.74 Å². The van der Waals surface area contributed by atoms with Gasteiger partial charge in [-0.1, -0.05) is 38.5 Å². The van der Waals surface area contributed by atoms with Gasteiger partial charge in [-0.25, -0.2) is 0 Å². The molecule has 2 saturated carbocycles. The van der Waals surface area contributed by atoms with E-state index in [0.29, 0.717) is 16.9 Å². The largest absolute Gasteiger partial charge is 0.427 e. The van der Waals surface area contributed by atoms with Crippen molar-refractivity contribution in [3.05, 3.63) is 23.3 Å². The summed E-state index contributed by atoms with van der Waals surface area (Å²) >= 11 is 0. The number of hydrogen-bond acceptors (Lipinski definition) is 4. The Bertz CT molecular complexity index is 717. The van der Waals surface area contributed by atoms with E-state index in [0.717, 1.165) is 64.2 Å². The number of carbonyl (C=O) groups is 1. The zero-order chi connectivity index (χ0) is 18.7. The van der Waals surface area contributed by atoms with Crippen LogP contribution in [-0.4, -0.2) is 18.9 Å². The fourth-order valence-electron chi connectivity index (χ4n) is 4.60. The van der Waals surface area contributed by atoms with Crippen LogP contribution in [0, 0.1) is 0 Å². The molecule has 5 nitrogen and oxygen atoms in total. The van der Waals surface area contributed by atoms with Crippen molar-refractivity contribution >= 4 is 16.1 Å². The molecule has 0 radical (unpaired) electrons. The van der Waals surface area contributed by atoms with E-state index in [1.165, 1.54) is 6.92 Å². The van der Waals surface area contributed by atoms with Crippen LogP contribution < -0.4 is 4.74 Å². The number of rotatable bonds is 4. The molecule has 0 bridgehead atoms. The molecule has 144 valence electrons. The Morgan fingerprint density at radius 2 is 1.35 bits per heavy atom. The second-order valence-electron chi connectivity index (χ2n) is 7.67. The summed E-state index contributed by atoms with van der Waals surface area (Å²) in [5, 5.41) is 0. The molecule has 2 fully saturated rings. The predicted octanol–water partition coefficient (Wildman–Crippen LogP) is 4.95. The van der Waals surface area contributed by atoms with E-state index in [9.17, 15) is 17.8 Å². The maximum absolute atomic E-state index is 12.3.